The fourth-order valence-corrected chi connectivity index (χ4v) is 3.01. The van der Waals surface area contributed by atoms with Gasteiger partial charge in [0.2, 0.25) is 0 Å². The van der Waals surface area contributed by atoms with E-state index in [9.17, 15) is 9.90 Å². The number of carbonyl (C=O) groups excluding carboxylic acids is 1. The third kappa shape index (κ3) is 3.94. The van der Waals surface area contributed by atoms with Gasteiger partial charge in [0.25, 0.3) is 0 Å². The normalized spacial score (nSPS) is 17.8. The molecule has 1 aromatic rings. The zero-order valence-corrected chi connectivity index (χ0v) is 12.1. The number of methoxy groups -OCH3 is 1. The minimum atomic E-state index is -0.486. The van der Waals surface area contributed by atoms with Crippen molar-refractivity contribution in [3.63, 3.8) is 0 Å². The van der Waals surface area contributed by atoms with Crippen LogP contribution >= 0.6 is 11.8 Å². The molecule has 0 radical (unpaired) electrons. The second-order valence-corrected chi connectivity index (χ2v) is 6.14. The first kappa shape index (κ1) is 14.3. The van der Waals surface area contributed by atoms with Gasteiger partial charge >= 0.3 is 5.97 Å². The van der Waals surface area contributed by atoms with Crippen molar-refractivity contribution in [2.45, 2.75) is 37.3 Å². The van der Waals surface area contributed by atoms with Crippen LogP contribution < -0.4 is 0 Å². The third-order valence-electron chi connectivity index (χ3n) is 3.47. The van der Waals surface area contributed by atoms with Crippen molar-refractivity contribution in [2.75, 3.05) is 12.9 Å². The second-order valence-electron chi connectivity index (χ2n) is 5.15. The van der Waals surface area contributed by atoms with E-state index < -0.39 is 6.10 Å². The van der Waals surface area contributed by atoms with Gasteiger partial charge in [0.1, 0.15) is 0 Å². The van der Waals surface area contributed by atoms with E-state index in [1.165, 1.54) is 7.11 Å². The standard InChI is InChI=1S/C14H19NO3S/c1-10(16)11-3-4-12(15-8-11)19-9-14(5-6-14)7-13(17)18-2/h3-4,8,10,16H,5-7,9H2,1-2H3/t10-/m1/s1. The Kier molecular flexibility index (Phi) is 4.47. The number of carbonyl (C=O) groups is 1. The van der Waals surface area contributed by atoms with E-state index in [0.29, 0.717) is 6.42 Å². The Balaban J connectivity index is 1.87. The van der Waals surface area contributed by atoms with Gasteiger partial charge in [-0.25, -0.2) is 4.98 Å². The predicted octanol–water partition coefficient (Wildman–Crippen LogP) is 2.57. The maximum atomic E-state index is 11.3. The van der Waals surface area contributed by atoms with Gasteiger partial charge in [-0.15, -0.1) is 11.8 Å². The molecule has 1 heterocycles. The third-order valence-corrected chi connectivity index (χ3v) is 4.77. The van der Waals surface area contributed by atoms with Gasteiger partial charge in [-0.1, -0.05) is 6.07 Å². The summed E-state index contributed by atoms with van der Waals surface area (Å²) in [6.45, 7) is 1.72. The van der Waals surface area contributed by atoms with Gasteiger partial charge in [0.05, 0.1) is 24.7 Å². The molecule has 1 saturated carbocycles. The first-order chi connectivity index (χ1) is 9.04. The van der Waals surface area contributed by atoms with Crippen LogP contribution in [-0.2, 0) is 9.53 Å². The number of aliphatic hydroxyl groups is 1. The molecule has 5 heteroatoms. The molecule has 0 aliphatic heterocycles. The van der Waals surface area contributed by atoms with Crippen molar-refractivity contribution in [3.8, 4) is 0 Å². The number of pyridine rings is 1. The fourth-order valence-electron chi connectivity index (χ4n) is 1.88. The average molecular weight is 281 g/mol. The highest BCUT2D eigenvalue weighted by molar-refractivity contribution is 7.99. The van der Waals surface area contributed by atoms with Crippen LogP contribution in [0, 0.1) is 5.41 Å². The zero-order chi connectivity index (χ0) is 13.9. The van der Waals surface area contributed by atoms with Crippen molar-refractivity contribution < 1.29 is 14.6 Å². The van der Waals surface area contributed by atoms with Gasteiger partial charge in [-0.3, -0.25) is 4.79 Å². The number of aromatic nitrogens is 1. The number of hydrogen-bond acceptors (Lipinski definition) is 5. The Bertz CT molecular complexity index is 441. The molecule has 0 saturated heterocycles. The minimum Gasteiger partial charge on any atom is -0.469 e. The van der Waals surface area contributed by atoms with Crippen molar-refractivity contribution in [1.29, 1.82) is 0 Å². The Morgan fingerprint density at radius 3 is 2.79 bits per heavy atom. The SMILES string of the molecule is COC(=O)CC1(CSc2ccc([C@@H](C)O)cn2)CC1. The summed E-state index contributed by atoms with van der Waals surface area (Å²) in [5.74, 6) is 0.763. The molecule has 1 fully saturated rings. The number of aliphatic hydroxyl groups excluding tert-OH is 1. The van der Waals surface area contributed by atoms with Crippen molar-refractivity contribution in [3.05, 3.63) is 23.9 Å². The lowest BCUT2D eigenvalue weighted by Crippen LogP contribution is -2.13. The molecule has 0 spiro atoms. The first-order valence-electron chi connectivity index (χ1n) is 6.38. The number of rotatable bonds is 6. The van der Waals surface area contributed by atoms with E-state index in [0.717, 1.165) is 29.2 Å². The van der Waals surface area contributed by atoms with E-state index >= 15 is 0 Å². The zero-order valence-electron chi connectivity index (χ0n) is 11.3. The first-order valence-corrected chi connectivity index (χ1v) is 7.37. The molecule has 1 aliphatic carbocycles. The molecular weight excluding hydrogens is 262 g/mol. The van der Waals surface area contributed by atoms with Crippen LogP contribution in [0.1, 0.15) is 37.9 Å². The number of thioether (sulfide) groups is 1. The molecule has 2 rings (SSSR count). The largest absolute Gasteiger partial charge is 0.469 e. The molecule has 0 aromatic carbocycles. The van der Waals surface area contributed by atoms with Crippen LogP contribution in [0.15, 0.2) is 23.4 Å². The summed E-state index contributed by atoms with van der Waals surface area (Å²) in [6, 6.07) is 3.81. The van der Waals surface area contributed by atoms with E-state index in [1.54, 1.807) is 24.9 Å². The molecule has 0 bridgehead atoms. The van der Waals surface area contributed by atoms with E-state index in [1.807, 2.05) is 12.1 Å². The molecule has 1 atom stereocenters. The van der Waals surface area contributed by atoms with E-state index in [-0.39, 0.29) is 11.4 Å². The van der Waals surface area contributed by atoms with Crippen LogP contribution in [0.3, 0.4) is 0 Å². The number of esters is 1. The lowest BCUT2D eigenvalue weighted by Gasteiger charge is -2.12. The highest BCUT2D eigenvalue weighted by atomic mass is 32.2. The van der Waals surface area contributed by atoms with Crippen molar-refractivity contribution in [1.82, 2.24) is 4.98 Å². The summed E-state index contributed by atoms with van der Waals surface area (Å²) in [4.78, 5) is 15.6. The van der Waals surface area contributed by atoms with E-state index in [4.69, 9.17) is 4.74 Å². The summed E-state index contributed by atoms with van der Waals surface area (Å²) >= 11 is 1.66. The molecule has 1 aromatic heterocycles. The van der Waals surface area contributed by atoms with Gasteiger partial charge in [0, 0.05) is 11.9 Å². The molecule has 1 N–H and O–H groups in total. The van der Waals surface area contributed by atoms with Crippen LogP contribution in [0.4, 0.5) is 0 Å². The fraction of sp³-hybridized carbons (Fsp3) is 0.571. The van der Waals surface area contributed by atoms with Crippen molar-refractivity contribution in [2.24, 2.45) is 5.41 Å². The minimum absolute atomic E-state index is 0.113. The Morgan fingerprint density at radius 2 is 2.32 bits per heavy atom. The Hall–Kier alpha value is -1.07. The maximum absolute atomic E-state index is 11.3. The maximum Gasteiger partial charge on any atom is 0.306 e. The van der Waals surface area contributed by atoms with Gasteiger partial charge in [-0.05, 0) is 36.8 Å². The lowest BCUT2D eigenvalue weighted by atomic mass is 10.1. The van der Waals surface area contributed by atoms with Crippen LogP contribution in [0.2, 0.25) is 0 Å². The van der Waals surface area contributed by atoms with Crippen LogP contribution in [-0.4, -0.2) is 28.9 Å². The monoisotopic (exact) mass is 281 g/mol. The topological polar surface area (TPSA) is 59.4 Å². The summed E-state index contributed by atoms with van der Waals surface area (Å²) in [6.07, 6.45) is 3.89. The average Bonchev–Trinajstić information content (AvgIpc) is 3.17. The number of ether oxygens (including phenoxy) is 1. The smallest absolute Gasteiger partial charge is 0.306 e. The van der Waals surface area contributed by atoms with Gasteiger partial charge in [-0.2, -0.15) is 0 Å². The van der Waals surface area contributed by atoms with Crippen molar-refractivity contribution >= 4 is 17.7 Å². The molecule has 19 heavy (non-hydrogen) atoms. The van der Waals surface area contributed by atoms with Crippen LogP contribution in [0.5, 0.6) is 0 Å². The predicted molar refractivity (Wildman–Crippen MR) is 73.9 cm³/mol. The summed E-state index contributed by atoms with van der Waals surface area (Å²) in [5, 5.41) is 10.3. The summed E-state index contributed by atoms with van der Waals surface area (Å²) < 4.78 is 4.73. The van der Waals surface area contributed by atoms with E-state index in [2.05, 4.69) is 4.98 Å². The summed E-state index contributed by atoms with van der Waals surface area (Å²) in [5.41, 5.74) is 0.933. The van der Waals surface area contributed by atoms with Gasteiger partial charge in [0.15, 0.2) is 0 Å². The molecule has 104 valence electrons. The molecule has 1 aliphatic rings. The number of hydrogen-bond donors (Lipinski definition) is 1. The molecule has 0 amide bonds. The Labute approximate surface area is 117 Å². The Morgan fingerprint density at radius 1 is 1.58 bits per heavy atom. The van der Waals surface area contributed by atoms with Gasteiger partial charge < -0.3 is 9.84 Å². The molecule has 0 unspecified atom stereocenters. The van der Waals surface area contributed by atoms with Crippen LogP contribution in [0.25, 0.3) is 0 Å². The highest BCUT2D eigenvalue weighted by Crippen LogP contribution is 2.51. The quantitative estimate of drug-likeness (QED) is 0.641. The number of nitrogens with zero attached hydrogens (tertiary/aromatic N) is 1. The molecule has 4 nitrogen and oxygen atoms in total. The second kappa shape index (κ2) is 5.92. The lowest BCUT2D eigenvalue weighted by molar-refractivity contribution is -0.141. The molecular formula is C14H19NO3S. The summed E-state index contributed by atoms with van der Waals surface area (Å²) in [7, 11) is 1.43. The highest BCUT2D eigenvalue weighted by Gasteiger charge is 2.44.